The van der Waals surface area contributed by atoms with Crippen molar-refractivity contribution in [3.63, 3.8) is 0 Å². The topological polar surface area (TPSA) is 98.1 Å². The zero-order valence-electron chi connectivity index (χ0n) is 15.2. The van der Waals surface area contributed by atoms with E-state index in [1.54, 1.807) is 26.0 Å². The van der Waals surface area contributed by atoms with Gasteiger partial charge in [-0.25, -0.2) is 8.42 Å². The Balaban J connectivity index is 2.15. The molecule has 0 amide bonds. The number of hydrogen-bond acceptors (Lipinski definition) is 5. The molecule has 0 heterocycles. The molecule has 0 aromatic heterocycles. The van der Waals surface area contributed by atoms with Gasteiger partial charge < -0.3 is 15.3 Å². The van der Waals surface area contributed by atoms with E-state index in [0.29, 0.717) is 5.69 Å². The first-order chi connectivity index (χ1) is 12.6. The van der Waals surface area contributed by atoms with Gasteiger partial charge in [0.1, 0.15) is 4.90 Å². The predicted molar refractivity (Wildman–Crippen MR) is 105 cm³/mol. The number of aromatic hydroxyl groups is 3. The lowest BCUT2D eigenvalue weighted by Gasteiger charge is -2.22. The van der Waals surface area contributed by atoms with Gasteiger partial charge in [-0.15, -0.1) is 0 Å². The first-order valence-electron chi connectivity index (χ1n) is 8.40. The van der Waals surface area contributed by atoms with E-state index in [9.17, 15) is 23.7 Å². The molecular formula is C20H21NO5S. The van der Waals surface area contributed by atoms with Crippen LogP contribution >= 0.6 is 0 Å². The summed E-state index contributed by atoms with van der Waals surface area (Å²) in [4.78, 5) is -0.461. The van der Waals surface area contributed by atoms with E-state index >= 15 is 0 Å². The van der Waals surface area contributed by atoms with Crippen LogP contribution in [0.4, 0.5) is 5.69 Å². The normalized spacial score (nSPS) is 11.9. The van der Waals surface area contributed by atoms with Gasteiger partial charge in [0, 0.05) is 12.6 Å². The van der Waals surface area contributed by atoms with E-state index < -0.39 is 32.2 Å². The van der Waals surface area contributed by atoms with E-state index in [4.69, 9.17) is 0 Å². The van der Waals surface area contributed by atoms with Crippen molar-refractivity contribution in [3.05, 3.63) is 54.1 Å². The van der Waals surface area contributed by atoms with E-state index in [0.717, 1.165) is 15.1 Å². The third-order valence-corrected chi connectivity index (χ3v) is 6.40. The summed E-state index contributed by atoms with van der Waals surface area (Å²) in [6, 6.07) is 14.0. The van der Waals surface area contributed by atoms with Crippen LogP contribution in [0.25, 0.3) is 10.8 Å². The van der Waals surface area contributed by atoms with Crippen LogP contribution in [0.2, 0.25) is 0 Å². The smallest absolute Gasteiger partial charge is 0.267 e. The number of fused-ring (bicyclic) bond motifs is 1. The van der Waals surface area contributed by atoms with Gasteiger partial charge in [-0.1, -0.05) is 44.2 Å². The molecule has 27 heavy (non-hydrogen) atoms. The van der Waals surface area contributed by atoms with Crippen molar-refractivity contribution in [1.29, 1.82) is 0 Å². The summed E-state index contributed by atoms with van der Waals surface area (Å²) in [6.45, 7) is 3.49. The molecule has 0 saturated carbocycles. The van der Waals surface area contributed by atoms with Crippen molar-refractivity contribution in [2.75, 3.05) is 11.4 Å². The number of nitrogens with zero attached hydrogens (tertiary/aromatic N) is 1. The number of sulfonamides is 1. The Morgan fingerprint density at radius 2 is 1.48 bits per heavy atom. The summed E-state index contributed by atoms with van der Waals surface area (Å²) in [5, 5.41) is 32.0. The molecule has 0 fully saturated rings. The lowest BCUT2D eigenvalue weighted by Crippen LogP contribution is -2.26. The lowest BCUT2D eigenvalue weighted by molar-refractivity contribution is 0.356. The van der Waals surface area contributed by atoms with Gasteiger partial charge in [0.15, 0.2) is 11.5 Å². The van der Waals surface area contributed by atoms with E-state index in [2.05, 4.69) is 0 Å². The maximum Gasteiger partial charge on any atom is 0.267 e. The fraction of sp³-hybridized carbons (Fsp3) is 0.200. The average Bonchev–Trinajstić information content (AvgIpc) is 2.64. The summed E-state index contributed by atoms with van der Waals surface area (Å²) in [5.74, 6) is -2.48. The lowest BCUT2D eigenvalue weighted by atomic mass is 10.0. The van der Waals surface area contributed by atoms with Crippen LogP contribution in [0.15, 0.2) is 53.4 Å². The number of rotatable bonds is 4. The van der Waals surface area contributed by atoms with Gasteiger partial charge in [0.25, 0.3) is 10.0 Å². The Labute approximate surface area is 158 Å². The number of phenols is 3. The average molecular weight is 387 g/mol. The van der Waals surface area contributed by atoms with Crippen LogP contribution in [0.3, 0.4) is 0 Å². The van der Waals surface area contributed by atoms with E-state index in [1.807, 2.05) is 30.3 Å². The highest BCUT2D eigenvalue weighted by atomic mass is 32.2. The Morgan fingerprint density at radius 3 is 2.11 bits per heavy atom. The third kappa shape index (κ3) is 3.14. The van der Waals surface area contributed by atoms with Crippen LogP contribution < -0.4 is 4.31 Å². The second kappa shape index (κ2) is 6.66. The fourth-order valence-corrected chi connectivity index (χ4v) is 4.24. The summed E-state index contributed by atoms with van der Waals surface area (Å²) in [5.41, 5.74) is 0.641. The summed E-state index contributed by atoms with van der Waals surface area (Å²) in [7, 11) is -2.80. The summed E-state index contributed by atoms with van der Waals surface area (Å²) in [6.07, 6.45) is 0. The third-order valence-electron chi connectivity index (χ3n) is 4.60. The molecule has 6 nitrogen and oxygen atoms in total. The highest BCUT2D eigenvalue weighted by Gasteiger charge is 2.30. The van der Waals surface area contributed by atoms with Crippen molar-refractivity contribution in [3.8, 4) is 17.2 Å². The second-order valence-corrected chi connectivity index (χ2v) is 8.61. The molecule has 0 bridgehead atoms. The van der Waals surface area contributed by atoms with E-state index in [1.165, 1.54) is 13.1 Å². The highest BCUT2D eigenvalue weighted by Crippen LogP contribution is 2.45. The number of hydrogen-bond donors (Lipinski definition) is 3. The molecule has 3 aromatic rings. The van der Waals surface area contributed by atoms with Crippen LogP contribution in [0.5, 0.6) is 17.2 Å². The standard InChI is InChI=1S/C20H21NO5S/c1-12(2)16-11-17(19(23)20(24)18(16)22)27(25,26)21(3)15-9-8-13-6-4-5-7-14(13)10-15/h4-12,22-24H,1-3H3. The molecule has 0 aliphatic carbocycles. The second-order valence-electron chi connectivity index (χ2n) is 6.67. The van der Waals surface area contributed by atoms with Crippen molar-refractivity contribution in [1.82, 2.24) is 0 Å². The molecule has 0 atom stereocenters. The maximum absolute atomic E-state index is 13.1. The number of anilines is 1. The molecule has 7 heteroatoms. The van der Waals surface area contributed by atoms with Crippen molar-refractivity contribution in [2.24, 2.45) is 0 Å². The molecule has 3 rings (SSSR count). The van der Waals surface area contributed by atoms with Gasteiger partial charge in [0.05, 0.1) is 5.69 Å². The van der Waals surface area contributed by atoms with Crippen molar-refractivity contribution < 1.29 is 23.7 Å². The van der Waals surface area contributed by atoms with Gasteiger partial charge in [0.2, 0.25) is 5.75 Å². The fourth-order valence-electron chi connectivity index (χ4n) is 2.94. The molecule has 0 aliphatic heterocycles. The van der Waals surface area contributed by atoms with Crippen LogP contribution in [-0.4, -0.2) is 30.8 Å². The SMILES string of the molecule is CC(C)c1cc(S(=O)(=O)N(C)c2ccc3ccccc3c2)c(O)c(O)c1O. The molecule has 0 radical (unpaired) electrons. The minimum atomic E-state index is -4.17. The highest BCUT2D eigenvalue weighted by molar-refractivity contribution is 7.93. The van der Waals surface area contributed by atoms with Crippen LogP contribution in [0, 0.1) is 0 Å². The molecule has 0 unspecified atom stereocenters. The Kier molecular flexibility index (Phi) is 4.65. The monoisotopic (exact) mass is 387 g/mol. The van der Waals surface area contributed by atoms with Crippen LogP contribution in [0.1, 0.15) is 25.3 Å². The Hall–Kier alpha value is -2.93. The molecule has 3 N–H and O–H groups in total. The molecule has 0 spiro atoms. The minimum Gasteiger partial charge on any atom is -0.504 e. The molecule has 142 valence electrons. The van der Waals surface area contributed by atoms with Gasteiger partial charge in [-0.05, 0) is 34.9 Å². The quantitative estimate of drug-likeness (QED) is 0.590. The first-order valence-corrected chi connectivity index (χ1v) is 9.84. The largest absolute Gasteiger partial charge is 0.504 e. The summed E-state index contributed by atoms with van der Waals surface area (Å²) >= 11 is 0. The molecule has 0 aliphatic rings. The number of benzene rings is 3. The van der Waals surface area contributed by atoms with Crippen molar-refractivity contribution in [2.45, 2.75) is 24.7 Å². The van der Waals surface area contributed by atoms with Gasteiger partial charge in [-0.2, -0.15) is 0 Å². The zero-order chi connectivity index (χ0) is 19.9. The Bertz CT molecular complexity index is 1120. The number of phenolic OH excluding ortho intramolecular Hbond substituents is 3. The zero-order valence-corrected chi connectivity index (χ0v) is 16.0. The van der Waals surface area contributed by atoms with Crippen molar-refractivity contribution >= 4 is 26.5 Å². The molecule has 3 aromatic carbocycles. The van der Waals surface area contributed by atoms with Gasteiger partial charge in [-0.3, -0.25) is 4.31 Å². The minimum absolute atomic E-state index is 0.232. The summed E-state index contributed by atoms with van der Waals surface area (Å²) < 4.78 is 27.2. The molecular weight excluding hydrogens is 366 g/mol. The first kappa shape index (κ1) is 18.8. The Morgan fingerprint density at radius 1 is 0.852 bits per heavy atom. The van der Waals surface area contributed by atoms with E-state index in [-0.39, 0.29) is 11.5 Å². The predicted octanol–water partition coefficient (Wildman–Crippen LogP) is 3.91. The van der Waals surface area contributed by atoms with Crippen LogP contribution in [-0.2, 0) is 10.0 Å². The maximum atomic E-state index is 13.1. The molecule has 0 saturated heterocycles. The van der Waals surface area contributed by atoms with Gasteiger partial charge >= 0.3 is 0 Å².